The van der Waals surface area contributed by atoms with Gasteiger partial charge in [-0.25, -0.2) is 0 Å². The standard InChI is InChI=1S/C17H16N2O4/c1-11-3-8-16(22-11)15-9-14(23-19-15)10-18-17(20)12-4-6-13(21-2)7-5-12/h3-9H,10H2,1-2H3,(H,18,20). The molecular weight excluding hydrogens is 296 g/mol. The van der Waals surface area contributed by atoms with Gasteiger partial charge in [0, 0.05) is 11.6 Å². The van der Waals surface area contributed by atoms with Crippen LogP contribution < -0.4 is 10.1 Å². The van der Waals surface area contributed by atoms with Gasteiger partial charge in [-0.3, -0.25) is 4.79 Å². The van der Waals surface area contributed by atoms with E-state index in [0.29, 0.717) is 28.5 Å². The van der Waals surface area contributed by atoms with Gasteiger partial charge in [-0.2, -0.15) is 0 Å². The Kier molecular flexibility index (Phi) is 4.14. The molecule has 0 radical (unpaired) electrons. The number of nitrogens with one attached hydrogen (secondary N) is 1. The minimum absolute atomic E-state index is 0.195. The Bertz CT molecular complexity index is 802. The number of furan rings is 1. The maximum absolute atomic E-state index is 12.1. The van der Waals surface area contributed by atoms with Crippen LogP contribution in [0.5, 0.6) is 5.75 Å². The smallest absolute Gasteiger partial charge is 0.251 e. The SMILES string of the molecule is COc1ccc(C(=O)NCc2cc(-c3ccc(C)o3)no2)cc1. The fourth-order valence-corrected chi connectivity index (χ4v) is 2.10. The number of carbonyl (C=O) groups excluding carboxylic acids is 1. The molecule has 0 spiro atoms. The monoisotopic (exact) mass is 312 g/mol. The van der Waals surface area contributed by atoms with Crippen molar-refractivity contribution in [2.45, 2.75) is 13.5 Å². The average molecular weight is 312 g/mol. The number of nitrogens with zero attached hydrogens (tertiary/aromatic N) is 1. The van der Waals surface area contributed by atoms with E-state index in [9.17, 15) is 4.79 Å². The molecule has 0 unspecified atom stereocenters. The van der Waals surface area contributed by atoms with E-state index >= 15 is 0 Å². The van der Waals surface area contributed by atoms with Crippen LogP contribution in [0.1, 0.15) is 21.9 Å². The highest BCUT2D eigenvalue weighted by Crippen LogP contribution is 2.21. The Balaban J connectivity index is 1.61. The first-order valence-electron chi connectivity index (χ1n) is 7.10. The van der Waals surface area contributed by atoms with Gasteiger partial charge in [-0.05, 0) is 43.3 Å². The van der Waals surface area contributed by atoms with E-state index in [0.717, 1.165) is 5.76 Å². The van der Waals surface area contributed by atoms with Crippen molar-refractivity contribution in [3.8, 4) is 17.2 Å². The van der Waals surface area contributed by atoms with Gasteiger partial charge in [0.05, 0.1) is 13.7 Å². The molecule has 2 heterocycles. The largest absolute Gasteiger partial charge is 0.497 e. The Morgan fingerprint density at radius 1 is 1.22 bits per heavy atom. The number of hydrogen-bond donors (Lipinski definition) is 1. The summed E-state index contributed by atoms with van der Waals surface area (Å²) in [5, 5.41) is 6.72. The van der Waals surface area contributed by atoms with Gasteiger partial charge in [0.1, 0.15) is 17.2 Å². The minimum atomic E-state index is -0.195. The first kappa shape index (κ1) is 14.9. The molecule has 0 saturated heterocycles. The number of rotatable bonds is 5. The summed E-state index contributed by atoms with van der Waals surface area (Å²) in [6.45, 7) is 2.11. The number of aryl methyl sites for hydroxylation is 1. The van der Waals surface area contributed by atoms with Crippen molar-refractivity contribution in [1.82, 2.24) is 10.5 Å². The molecule has 6 heteroatoms. The Hall–Kier alpha value is -3.02. The molecular formula is C17H16N2O4. The van der Waals surface area contributed by atoms with E-state index in [-0.39, 0.29) is 12.5 Å². The lowest BCUT2D eigenvalue weighted by atomic mass is 10.2. The number of benzene rings is 1. The van der Waals surface area contributed by atoms with Crippen LogP contribution in [-0.2, 0) is 6.54 Å². The van der Waals surface area contributed by atoms with Crippen molar-refractivity contribution in [2.75, 3.05) is 7.11 Å². The third kappa shape index (κ3) is 3.42. The Labute approximate surface area is 133 Å². The quantitative estimate of drug-likeness (QED) is 0.783. The van der Waals surface area contributed by atoms with Gasteiger partial charge in [-0.1, -0.05) is 5.16 Å². The number of hydrogen-bond acceptors (Lipinski definition) is 5. The summed E-state index contributed by atoms with van der Waals surface area (Å²) >= 11 is 0. The first-order chi connectivity index (χ1) is 11.2. The van der Waals surface area contributed by atoms with Crippen LogP contribution in [0.2, 0.25) is 0 Å². The number of amides is 1. The maximum atomic E-state index is 12.1. The number of aromatic nitrogens is 1. The number of carbonyl (C=O) groups is 1. The molecule has 0 saturated carbocycles. The van der Waals surface area contributed by atoms with Crippen molar-refractivity contribution < 1.29 is 18.5 Å². The summed E-state index contributed by atoms with van der Waals surface area (Å²) < 4.78 is 15.7. The van der Waals surface area contributed by atoms with Crippen LogP contribution in [-0.4, -0.2) is 18.2 Å². The van der Waals surface area contributed by atoms with Crippen LogP contribution in [0.15, 0.2) is 51.4 Å². The van der Waals surface area contributed by atoms with E-state index in [1.165, 1.54) is 0 Å². The van der Waals surface area contributed by atoms with E-state index in [2.05, 4.69) is 10.5 Å². The molecule has 0 atom stereocenters. The molecule has 118 valence electrons. The molecule has 0 aliphatic carbocycles. The molecule has 6 nitrogen and oxygen atoms in total. The lowest BCUT2D eigenvalue weighted by molar-refractivity contribution is 0.0947. The summed E-state index contributed by atoms with van der Waals surface area (Å²) in [5.41, 5.74) is 1.15. The van der Waals surface area contributed by atoms with Gasteiger partial charge in [0.2, 0.25) is 0 Å². The molecule has 1 amide bonds. The topological polar surface area (TPSA) is 77.5 Å². The molecule has 1 N–H and O–H groups in total. The second-order valence-corrected chi connectivity index (χ2v) is 5.00. The fourth-order valence-electron chi connectivity index (χ4n) is 2.10. The summed E-state index contributed by atoms with van der Waals surface area (Å²) in [7, 11) is 1.58. The highest BCUT2D eigenvalue weighted by atomic mass is 16.5. The normalized spacial score (nSPS) is 10.5. The highest BCUT2D eigenvalue weighted by Gasteiger charge is 2.11. The van der Waals surface area contributed by atoms with Gasteiger partial charge in [0.25, 0.3) is 5.91 Å². The molecule has 3 rings (SSSR count). The lowest BCUT2D eigenvalue weighted by Crippen LogP contribution is -2.22. The fraction of sp³-hybridized carbons (Fsp3) is 0.176. The van der Waals surface area contributed by atoms with Crippen molar-refractivity contribution in [1.29, 1.82) is 0 Å². The van der Waals surface area contributed by atoms with Crippen LogP contribution in [0, 0.1) is 6.92 Å². The predicted molar refractivity (Wildman–Crippen MR) is 83.1 cm³/mol. The summed E-state index contributed by atoms with van der Waals surface area (Å²) in [5.74, 6) is 2.50. The third-order valence-electron chi connectivity index (χ3n) is 3.33. The average Bonchev–Trinajstić information content (AvgIpc) is 3.21. The second kappa shape index (κ2) is 6.39. The molecule has 0 bridgehead atoms. The van der Waals surface area contributed by atoms with Crippen LogP contribution in [0.4, 0.5) is 0 Å². The van der Waals surface area contributed by atoms with Crippen LogP contribution in [0.3, 0.4) is 0 Å². The van der Waals surface area contributed by atoms with E-state index in [1.807, 2.05) is 19.1 Å². The zero-order valence-corrected chi connectivity index (χ0v) is 12.8. The number of ether oxygens (including phenoxy) is 1. The van der Waals surface area contributed by atoms with Crippen molar-refractivity contribution in [2.24, 2.45) is 0 Å². The molecule has 23 heavy (non-hydrogen) atoms. The summed E-state index contributed by atoms with van der Waals surface area (Å²) in [6, 6.07) is 12.3. The highest BCUT2D eigenvalue weighted by molar-refractivity contribution is 5.94. The zero-order chi connectivity index (χ0) is 16.2. The van der Waals surface area contributed by atoms with Gasteiger partial charge in [0.15, 0.2) is 11.5 Å². The molecule has 0 fully saturated rings. The van der Waals surface area contributed by atoms with Crippen molar-refractivity contribution >= 4 is 5.91 Å². The number of methoxy groups -OCH3 is 1. The van der Waals surface area contributed by atoms with Gasteiger partial charge < -0.3 is 19.0 Å². The molecule has 0 aliphatic heterocycles. The minimum Gasteiger partial charge on any atom is -0.497 e. The molecule has 0 aliphatic rings. The van der Waals surface area contributed by atoms with Gasteiger partial charge >= 0.3 is 0 Å². The summed E-state index contributed by atoms with van der Waals surface area (Å²) in [4.78, 5) is 12.1. The van der Waals surface area contributed by atoms with Crippen LogP contribution in [0.25, 0.3) is 11.5 Å². The maximum Gasteiger partial charge on any atom is 0.251 e. The second-order valence-electron chi connectivity index (χ2n) is 5.00. The molecule has 1 aromatic carbocycles. The molecule has 3 aromatic rings. The van der Waals surface area contributed by atoms with E-state index in [4.69, 9.17) is 13.7 Å². The Morgan fingerprint density at radius 3 is 2.65 bits per heavy atom. The lowest BCUT2D eigenvalue weighted by Gasteiger charge is -2.04. The first-order valence-corrected chi connectivity index (χ1v) is 7.10. The summed E-state index contributed by atoms with van der Waals surface area (Å²) in [6.07, 6.45) is 0. The third-order valence-corrected chi connectivity index (χ3v) is 3.33. The van der Waals surface area contributed by atoms with Crippen molar-refractivity contribution in [3.05, 3.63) is 59.5 Å². The predicted octanol–water partition coefficient (Wildman–Crippen LogP) is 3.18. The van der Waals surface area contributed by atoms with E-state index in [1.54, 1.807) is 37.4 Å². The van der Waals surface area contributed by atoms with Crippen molar-refractivity contribution in [3.63, 3.8) is 0 Å². The van der Waals surface area contributed by atoms with Gasteiger partial charge in [-0.15, -0.1) is 0 Å². The molecule has 2 aromatic heterocycles. The van der Waals surface area contributed by atoms with E-state index < -0.39 is 0 Å². The van der Waals surface area contributed by atoms with Crippen LogP contribution >= 0.6 is 0 Å². The Morgan fingerprint density at radius 2 is 2.00 bits per heavy atom. The zero-order valence-electron chi connectivity index (χ0n) is 12.8.